The van der Waals surface area contributed by atoms with E-state index in [1.807, 2.05) is 84.9 Å². The molecule has 0 bridgehead atoms. The Hall–Kier alpha value is -6.20. The zero-order valence-electron chi connectivity index (χ0n) is 27.6. The molecule has 1 N–H and O–H groups in total. The van der Waals surface area contributed by atoms with Gasteiger partial charge >= 0.3 is 6.16 Å². The standard InChI is InChI=1S/C40H34FN5O5/c41-34-25-32(18-19-33(34)30-11-5-2-6-12-30)37-44-36(45-51-37)31-16-14-28(15-17-31)26-46-23-20-40(21-24-46,38(47)43-35-13-7-8-22-42-35)50-39(48)49-27-29-9-3-1-4-10-29/h1-19,22,25H,20-21,23-24,26-27H2,(H,42,43,47). The number of piperidine rings is 1. The Bertz CT molecular complexity index is 2090. The van der Waals surface area contributed by atoms with Crippen molar-refractivity contribution in [3.8, 4) is 34.0 Å². The van der Waals surface area contributed by atoms with Crippen LogP contribution in [-0.2, 0) is 27.4 Å². The number of nitrogens with zero attached hydrogens (tertiary/aromatic N) is 4. The molecule has 0 atom stereocenters. The predicted molar refractivity (Wildman–Crippen MR) is 188 cm³/mol. The van der Waals surface area contributed by atoms with Crippen LogP contribution in [0.15, 0.2) is 132 Å². The molecule has 11 heteroatoms. The van der Waals surface area contributed by atoms with E-state index in [1.54, 1.807) is 36.5 Å². The molecule has 2 aromatic heterocycles. The minimum Gasteiger partial charge on any atom is -0.429 e. The summed E-state index contributed by atoms with van der Waals surface area (Å²) < 4.78 is 31.6. The summed E-state index contributed by atoms with van der Waals surface area (Å²) in [5.41, 5.74) is 2.95. The number of ether oxygens (including phenoxy) is 2. The van der Waals surface area contributed by atoms with Crippen LogP contribution in [0.2, 0.25) is 0 Å². The molecule has 1 fully saturated rings. The molecule has 1 amide bonds. The first kappa shape index (κ1) is 33.3. The van der Waals surface area contributed by atoms with E-state index in [0.29, 0.717) is 42.4 Å². The predicted octanol–water partition coefficient (Wildman–Crippen LogP) is 7.93. The fourth-order valence-corrected chi connectivity index (χ4v) is 6.00. The van der Waals surface area contributed by atoms with Crippen molar-refractivity contribution in [2.24, 2.45) is 0 Å². The van der Waals surface area contributed by atoms with Crippen LogP contribution >= 0.6 is 0 Å². The van der Waals surface area contributed by atoms with E-state index in [0.717, 1.165) is 22.3 Å². The lowest BCUT2D eigenvalue weighted by Gasteiger charge is -2.39. The van der Waals surface area contributed by atoms with Crippen molar-refractivity contribution in [3.05, 3.63) is 144 Å². The molecule has 0 spiro atoms. The zero-order valence-corrected chi connectivity index (χ0v) is 27.6. The Labute approximate surface area is 293 Å². The van der Waals surface area contributed by atoms with Gasteiger partial charge in [0.05, 0.1) is 0 Å². The second-order valence-electron chi connectivity index (χ2n) is 12.2. The lowest BCUT2D eigenvalue weighted by molar-refractivity contribution is -0.143. The molecule has 0 saturated carbocycles. The SMILES string of the molecule is O=C(OCc1ccccc1)OC1(C(=O)Nc2ccccn2)CCN(Cc2ccc(-c3noc(-c4ccc(-c5ccccc5)c(F)c4)n3)cc2)CC1. The van der Waals surface area contributed by atoms with Crippen LogP contribution < -0.4 is 5.32 Å². The molecule has 0 radical (unpaired) electrons. The second-order valence-corrected chi connectivity index (χ2v) is 12.2. The van der Waals surface area contributed by atoms with E-state index >= 15 is 0 Å². The van der Waals surface area contributed by atoms with Gasteiger partial charge in [-0.1, -0.05) is 102 Å². The number of benzene rings is 4. The summed E-state index contributed by atoms with van der Waals surface area (Å²) in [5, 5.41) is 6.92. The van der Waals surface area contributed by atoms with Crippen molar-refractivity contribution >= 4 is 17.9 Å². The van der Waals surface area contributed by atoms with Gasteiger partial charge in [-0.05, 0) is 41.0 Å². The number of hydrogen-bond donors (Lipinski definition) is 1. The van der Waals surface area contributed by atoms with Gasteiger partial charge in [0.1, 0.15) is 18.2 Å². The van der Waals surface area contributed by atoms with Crippen LogP contribution in [0, 0.1) is 5.82 Å². The summed E-state index contributed by atoms with van der Waals surface area (Å²) in [6.45, 7) is 1.64. The zero-order chi connectivity index (χ0) is 35.0. The Morgan fingerprint density at radius 3 is 2.22 bits per heavy atom. The molecular formula is C40H34FN5O5. The van der Waals surface area contributed by atoms with Crippen molar-refractivity contribution < 1.29 is 28.0 Å². The van der Waals surface area contributed by atoms with Gasteiger partial charge in [0.2, 0.25) is 5.82 Å². The van der Waals surface area contributed by atoms with Crippen LogP contribution in [0.3, 0.4) is 0 Å². The first-order valence-electron chi connectivity index (χ1n) is 16.6. The van der Waals surface area contributed by atoms with Crippen LogP contribution in [0.4, 0.5) is 15.0 Å². The number of pyridine rings is 1. The molecule has 10 nitrogen and oxygen atoms in total. The Morgan fingerprint density at radius 2 is 1.51 bits per heavy atom. The highest BCUT2D eigenvalue weighted by Crippen LogP contribution is 2.31. The van der Waals surface area contributed by atoms with Crippen molar-refractivity contribution in [3.63, 3.8) is 0 Å². The number of aromatic nitrogens is 3. The first-order chi connectivity index (χ1) is 24.9. The van der Waals surface area contributed by atoms with E-state index in [1.165, 1.54) is 6.07 Å². The van der Waals surface area contributed by atoms with Crippen molar-refractivity contribution in [2.45, 2.75) is 31.6 Å². The molecule has 51 heavy (non-hydrogen) atoms. The summed E-state index contributed by atoms with van der Waals surface area (Å²) in [5.74, 6) is 0.162. The third-order valence-corrected chi connectivity index (χ3v) is 8.81. The number of anilines is 1. The van der Waals surface area contributed by atoms with Crippen LogP contribution in [-0.4, -0.2) is 50.8 Å². The van der Waals surface area contributed by atoms with E-state index < -0.39 is 17.7 Å². The maximum atomic E-state index is 15.0. The Kier molecular flexibility index (Phi) is 9.89. The molecule has 4 aromatic carbocycles. The fourth-order valence-electron chi connectivity index (χ4n) is 6.00. The van der Waals surface area contributed by atoms with Gasteiger partial charge in [0, 0.05) is 55.4 Å². The fraction of sp³-hybridized carbons (Fsp3) is 0.175. The quantitative estimate of drug-likeness (QED) is 0.144. The smallest absolute Gasteiger partial charge is 0.429 e. The van der Waals surface area contributed by atoms with Gasteiger partial charge in [0.15, 0.2) is 5.60 Å². The molecule has 1 aliphatic heterocycles. The highest BCUT2D eigenvalue weighted by atomic mass is 19.1. The molecule has 7 rings (SSSR count). The summed E-state index contributed by atoms with van der Waals surface area (Å²) >= 11 is 0. The first-order valence-corrected chi connectivity index (χ1v) is 16.6. The van der Waals surface area contributed by atoms with E-state index in [4.69, 9.17) is 14.0 Å². The Morgan fingerprint density at radius 1 is 0.804 bits per heavy atom. The second kappa shape index (κ2) is 15.1. The molecule has 1 aliphatic rings. The van der Waals surface area contributed by atoms with E-state index in [-0.39, 0.29) is 31.2 Å². The van der Waals surface area contributed by atoms with Gasteiger partial charge in [-0.15, -0.1) is 0 Å². The molecule has 0 aliphatic carbocycles. The van der Waals surface area contributed by atoms with Gasteiger partial charge in [-0.25, -0.2) is 14.2 Å². The van der Waals surface area contributed by atoms with Crippen LogP contribution in [0.5, 0.6) is 0 Å². The number of likely N-dealkylation sites (tertiary alicyclic amines) is 1. The number of carbonyl (C=O) groups excluding carboxylic acids is 2. The highest BCUT2D eigenvalue weighted by molar-refractivity contribution is 5.97. The summed E-state index contributed by atoms with van der Waals surface area (Å²) in [4.78, 5) is 37.3. The van der Waals surface area contributed by atoms with Gasteiger partial charge in [-0.2, -0.15) is 4.98 Å². The normalized spacial score (nSPS) is 14.1. The average molecular weight is 684 g/mol. The molecule has 6 aromatic rings. The van der Waals surface area contributed by atoms with Crippen molar-refractivity contribution in [1.29, 1.82) is 0 Å². The number of rotatable bonds is 10. The summed E-state index contributed by atoms with van der Waals surface area (Å²) in [6, 6.07) is 36.4. The van der Waals surface area contributed by atoms with E-state index in [2.05, 4.69) is 25.3 Å². The molecule has 256 valence electrons. The largest absolute Gasteiger partial charge is 0.509 e. The molecule has 3 heterocycles. The van der Waals surface area contributed by atoms with Gasteiger partial charge in [0.25, 0.3) is 11.8 Å². The average Bonchev–Trinajstić information content (AvgIpc) is 3.67. The topological polar surface area (TPSA) is 120 Å². The van der Waals surface area contributed by atoms with E-state index in [9.17, 15) is 14.0 Å². The van der Waals surface area contributed by atoms with Crippen LogP contribution in [0.1, 0.15) is 24.0 Å². The highest BCUT2D eigenvalue weighted by Gasteiger charge is 2.46. The lowest BCUT2D eigenvalue weighted by atomic mass is 9.89. The maximum Gasteiger partial charge on any atom is 0.509 e. The third-order valence-electron chi connectivity index (χ3n) is 8.81. The monoisotopic (exact) mass is 683 g/mol. The number of amides is 1. The van der Waals surface area contributed by atoms with Crippen LogP contribution in [0.25, 0.3) is 34.0 Å². The molecule has 0 unspecified atom stereocenters. The van der Waals surface area contributed by atoms with Gasteiger partial charge < -0.3 is 19.3 Å². The minimum absolute atomic E-state index is 0.0330. The maximum absolute atomic E-state index is 15.0. The van der Waals surface area contributed by atoms with Crippen molar-refractivity contribution in [2.75, 3.05) is 18.4 Å². The lowest BCUT2D eigenvalue weighted by Crippen LogP contribution is -2.54. The Balaban J connectivity index is 0.980. The molecular weight excluding hydrogens is 649 g/mol. The number of halogens is 1. The summed E-state index contributed by atoms with van der Waals surface area (Å²) in [6.07, 6.45) is 1.21. The van der Waals surface area contributed by atoms with Crippen molar-refractivity contribution in [1.82, 2.24) is 20.0 Å². The number of hydrogen-bond acceptors (Lipinski definition) is 9. The number of carbonyl (C=O) groups is 2. The molecule has 1 saturated heterocycles. The number of nitrogens with one attached hydrogen (secondary N) is 1. The third kappa shape index (κ3) is 8.00. The van der Waals surface area contributed by atoms with Gasteiger partial charge in [-0.3, -0.25) is 9.69 Å². The minimum atomic E-state index is -1.42. The summed E-state index contributed by atoms with van der Waals surface area (Å²) in [7, 11) is 0.